The third-order valence-electron chi connectivity index (χ3n) is 7.11. The second-order valence-corrected chi connectivity index (χ2v) is 8.88. The summed E-state index contributed by atoms with van der Waals surface area (Å²) in [5.41, 5.74) is 4.08. The van der Waals surface area contributed by atoms with E-state index in [0.717, 1.165) is 74.2 Å². The van der Waals surface area contributed by atoms with Gasteiger partial charge < -0.3 is 14.2 Å². The number of ketones is 1. The van der Waals surface area contributed by atoms with Gasteiger partial charge in [0, 0.05) is 49.6 Å². The zero-order valence-electron chi connectivity index (χ0n) is 17.5. The molecule has 5 heteroatoms. The van der Waals surface area contributed by atoms with E-state index >= 15 is 0 Å². The van der Waals surface area contributed by atoms with Crippen LogP contribution in [0.2, 0.25) is 0 Å². The van der Waals surface area contributed by atoms with E-state index in [0.29, 0.717) is 18.9 Å². The fourth-order valence-electron chi connectivity index (χ4n) is 5.39. The second kappa shape index (κ2) is 8.40. The highest BCUT2D eigenvalue weighted by Crippen LogP contribution is 2.32. The molecular formula is C23H34N2O3. The number of carbonyl (C=O) groups excluding carboxylic acids is 2. The van der Waals surface area contributed by atoms with Gasteiger partial charge in [-0.2, -0.15) is 0 Å². The summed E-state index contributed by atoms with van der Waals surface area (Å²) in [5.74, 6) is 0.379. The van der Waals surface area contributed by atoms with Crippen LogP contribution in [0.5, 0.6) is 0 Å². The number of amides is 1. The molecule has 2 fully saturated rings. The molecule has 1 aromatic heterocycles. The number of hydrogen-bond donors (Lipinski definition) is 0. The highest BCUT2D eigenvalue weighted by atomic mass is 16.5. The van der Waals surface area contributed by atoms with Crippen molar-refractivity contribution in [3.05, 3.63) is 22.5 Å². The van der Waals surface area contributed by atoms with Gasteiger partial charge in [-0.05, 0) is 51.0 Å². The van der Waals surface area contributed by atoms with E-state index in [2.05, 4.69) is 11.5 Å². The number of likely N-dealkylation sites (N-methyl/N-ethyl adjacent to an activating group) is 1. The lowest BCUT2D eigenvalue weighted by molar-refractivity contribution is -0.131. The molecule has 2 aliphatic carbocycles. The molecule has 1 atom stereocenters. The lowest BCUT2D eigenvalue weighted by Crippen LogP contribution is -2.39. The van der Waals surface area contributed by atoms with Crippen LogP contribution < -0.4 is 0 Å². The highest BCUT2D eigenvalue weighted by Gasteiger charge is 2.32. The molecule has 1 amide bonds. The maximum absolute atomic E-state index is 13.1. The number of aromatic nitrogens is 1. The van der Waals surface area contributed by atoms with Crippen LogP contribution in [0.4, 0.5) is 0 Å². The Morgan fingerprint density at radius 1 is 1.11 bits per heavy atom. The predicted octanol–water partition coefficient (Wildman–Crippen LogP) is 3.83. The zero-order chi connectivity index (χ0) is 19.7. The Morgan fingerprint density at radius 3 is 2.61 bits per heavy atom. The van der Waals surface area contributed by atoms with E-state index in [4.69, 9.17) is 4.74 Å². The van der Waals surface area contributed by atoms with Gasteiger partial charge in [0.15, 0.2) is 5.78 Å². The molecular weight excluding hydrogens is 352 g/mol. The van der Waals surface area contributed by atoms with Crippen LogP contribution >= 0.6 is 0 Å². The Kier molecular flexibility index (Phi) is 5.91. The molecule has 3 aliphatic rings. The predicted molar refractivity (Wildman–Crippen MR) is 109 cm³/mol. The Hall–Kier alpha value is -1.62. The quantitative estimate of drug-likeness (QED) is 0.773. The van der Waals surface area contributed by atoms with Crippen LogP contribution in [0.15, 0.2) is 0 Å². The fourth-order valence-corrected chi connectivity index (χ4v) is 5.39. The standard InChI is InChI=1S/C23H34N2O3/c1-16-19(14-22(27)24(2)17-8-4-3-5-9-17)23-20(11-6-12-21(23)26)25(16)15-18-10-7-13-28-18/h17-18H,3-15H2,1-2H3/t18-/m0/s1. The number of rotatable bonds is 5. The van der Waals surface area contributed by atoms with Crippen molar-refractivity contribution in [2.24, 2.45) is 0 Å². The minimum absolute atomic E-state index is 0.158. The topological polar surface area (TPSA) is 51.5 Å². The van der Waals surface area contributed by atoms with Crippen molar-refractivity contribution in [2.75, 3.05) is 13.7 Å². The fraction of sp³-hybridized carbons (Fsp3) is 0.739. The average molecular weight is 387 g/mol. The monoisotopic (exact) mass is 386 g/mol. The molecule has 1 aromatic rings. The van der Waals surface area contributed by atoms with Crippen molar-refractivity contribution in [3.63, 3.8) is 0 Å². The minimum Gasteiger partial charge on any atom is -0.376 e. The van der Waals surface area contributed by atoms with E-state index in [1.807, 2.05) is 11.9 Å². The lowest BCUT2D eigenvalue weighted by atomic mass is 9.91. The van der Waals surface area contributed by atoms with Crippen LogP contribution in [0.25, 0.3) is 0 Å². The van der Waals surface area contributed by atoms with Crippen molar-refractivity contribution < 1.29 is 14.3 Å². The minimum atomic E-state index is 0.158. The molecule has 0 spiro atoms. The summed E-state index contributed by atoms with van der Waals surface area (Å²) in [6.07, 6.45) is 11.2. The molecule has 0 aromatic carbocycles. The summed E-state index contributed by atoms with van der Waals surface area (Å²) in [4.78, 5) is 27.8. The van der Waals surface area contributed by atoms with Crippen LogP contribution in [0, 0.1) is 6.92 Å². The van der Waals surface area contributed by atoms with Gasteiger partial charge in [-0.25, -0.2) is 0 Å². The number of fused-ring (bicyclic) bond motifs is 1. The molecule has 5 nitrogen and oxygen atoms in total. The van der Waals surface area contributed by atoms with Gasteiger partial charge in [-0.3, -0.25) is 9.59 Å². The molecule has 154 valence electrons. The molecule has 1 saturated heterocycles. The molecule has 0 unspecified atom stereocenters. The third-order valence-corrected chi connectivity index (χ3v) is 7.11. The SMILES string of the molecule is Cc1c(CC(=O)N(C)C2CCCCC2)c2c(n1C[C@@H]1CCCO1)CCCC2=O. The summed E-state index contributed by atoms with van der Waals surface area (Å²) in [7, 11) is 1.95. The zero-order valence-corrected chi connectivity index (χ0v) is 17.5. The lowest BCUT2D eigenvalue weighted by Gasteiger charge is -2.31. The van der Waals surface area contributed by atoms with Gasteiger partial charge in [0.1, 0.15) is 0 Å². The highest BCUT2D eigenvalue weighted by molar-refractivity contribution is 6.01. The summed E-state index contributed by atoms with van der Waals surface area (Å²) in [6.45, 7) is 3.74. The molecule has 28 heavy (non-hydrogen) atoms. The summed E-state index contributed by atoms with van der Waals surface area (Å²) >= 11 is 0. The number of nitrogens with zero attached hydrogens (tertiary/aromatic N) is 2. The Bertz CT molecular complexity index is 740. The van der Waals surface area contributed by atoms with Crippen molar-refractivity contribution >= 4 is 11.7 Å². The molecule has 0 radical (unpaired) electrons. The number of hydrogen-bond acceptors (Lipinski definition) is 3. The van der Waals surface area contributed by atoms with Crippen molar-refractivity contribution in [1.29, 1.82) is 0 Å². The average Bonchev–Trinajstić information content (AvgIpc) is 3.31. The van der Waals surface area contributed by atoms with Crippen LogP contribution in [0.3, 0.4) is 0 Å². The van der Waals surface area contributed by atoms with Crippen molar-refractivity contribution in [3.8, 4) is 0 Å². The largest absolute Gasteiger partial charge is 0.376 e. The van der Waals surface area contributed by atoms with Crippen LogP contribution in [-0.4, -0.2) is 47.0 Å². The van der Waals surface area contributed by atoms with Gasteiger partial charge >= 0.3 is 0 Å². The summed E-state index contributed by atoms with van der Waals surface area (Å²) < 4.78 is 8.15. The normalized spacial score (nSPS) is 23.1. The molecule has 0 N–H and O–H groups in total. The third kappa shape index (κ3) is 3.78. The summed E-state index contributed by atoms with van der Waals surface area (Å²) in [6, 6.07) is 0.363. The smallest absolute Gasteiger partial charge is 0.227 e. The van der Waals surface area contributed by atoms with E-state index in [-0.39, 0.29) is 17.8 Å². The first kappa shape index (κ1) is 19.7. The van der Waals surface area contributed by atoms with Crippen LogP contribution in [-0.2, 0) is 28.9 Å². The first-order chi connectivity index (χ1) is 13.6. The van der Waals surface area contributed by atoms with Gasteiger partial charge in [-0.1, -0.05) is 19.3 Å². The first-order valence-electron chi connectivity index (χ1n) is 11.2. The van der Waals surface area contributed by atoms with E-state index < -0.39 is 0 Å². The Labute approximate surface area is 168 Å². The number of ether oxygens (including phenoxy) is 1. The first-order valence-corrected chi connectivity index (χ1v) is 11.2. The molecule has 1 aliphatic heterocycles. The van der Waals surface area contributed by atoms with Gasteiger partial charge in [0.25, 0.3) is 0 Å². The Balaban J connectivity index is 1.59. The number of carbonyl (C=O) groups is 2. The molecule has 0 bridgehead atoms. The van der Waals surface area contributed by atoms with E-state index in [1.54, 1.807) is 0 Å². The maximum Gasteiger partial charge on any atom is 0.227 e. The second-order valence-electron chi connectivity index (χ2n) is 8.88. The van der Waals surface area contributed by atoms with E-state index in [1.165, 1.54) is 19.3 Å². The van der Waals surface area contributed by atoms with Crippen LogP contribution in [0.1, 0.15) is 85.1 Å². The van der Waals surface area contributed by atoms with Gasteiger partial charge in [0.05, 0.1) is 12.5 Å². The number of Topliss-reactive ketones (excluding diaryl/α,β-unsaturated/α-hetero) is 1. The molecule has 1 saturated carbocycles. The molecule has 2 heterocycles. The van der Waals surface area contributed by atoms with Crippen molar-refractivity contribution in [2.45, 2.75) is 96.2 Å². The summed E-state index contributed by atoms with van der Waals surface area (Å²) in [5, 5.41) is 0. The molecule has 4 rings (SSSR count). The maximum atomic E-state index is 13.1. The Morgan fingerprint density at radius 2 is 1.89 bits per heavy atom. The van der Waals surface area contributed by atoms with E-state index in [9.17, 15) is 9.59 Å². The van der Waals surface area contributed by atoms with Gasteiger partial charge in [-0.15, -0.1) is 0 Å². The van der Waals surface area contributed by atoms with Crippen molar-refractivity contribution in [1.82, 2.24) is 9.47 Å². The van der Waals surface area contributed by atoms with Gasteiger partial charge in [0.2, 0.25) is 5.91 Å².